The van der Waals surface area contributed by atoms with Crippen LogP contribution in [-0.2, 0) is 4.74 Å². The van der Waals surface area contributed by atoms with E-state index in [0.717, 1.165) is 22.2 Å². The van der Waals surface area contributed by atoms with Gasteiger partial charge >= 0.3 is 5.66 Å². The number of halogens is 1. The lowest BCUT2D eigenvalue weighted by Crippen LogP contribution is -2.64. The lowest BCUT2D eigenvalue weighted by atomic mass is 9.97. The quantitative estimate of drug-likeness (QED) is 0.399. The molecule has 0 radical (unpaired) electrons. The van der Waals surface area contributed by atoms with Gasteiger partial charge in [-0.25, -0.2) is 25.1 Å². The van der Waals surface area contributed by atoms with Crippen LogP contribution in [0, 0.1) is 6.57 Å². The van der Waals surface area contributed by atoms with Crippen LogP contribution in [0.3, 0.4) is 0 Å². The van der Waals surface area contributed by atoms with E-state index in [1.165, 1.54) is 0 Å². The molecule has 2 aliphatic rings. The summed E-state index contributed by atoms with van der Waals surface area (Å²) in [5, 5.41) is 16.3. The second-order valence-corrected chi connectivity index (χ2v) is 9.89. The Balaban J connectivity index is 1.28. The van der Waals surface area contributed by atoms with E-state index in [9.17, 15) is 0 Å². The number of nitrogens with zero attached hydrogens (tertiary/aromatic N) is 8. The van der Waals surface area contributed by atoms with Crippen LogP contribution in [0.4, 0.5) is 10.3 Å². The van der Waals surface area contributed by atoms with Crippen LogP contribution in [0.2, 0.25) is 0 Å². The maximum atomic E-state index is 15.2. The Bertz CT molecular complexity index is 1500. The summed E-state index contributed by atoms with van der Waals surface area (Å²) in [6.07, 6.45) is 1.19. The minimum Gasteiger partial charge on any atom is -0.479 e. The lowest BCUT2D eigenvalue weighted by Gasteiger charge is -2.43. The van der Waals surface area contributed by atoms with E-state index in [-0.39, 0.29) is 18.5 Å². The summed E-state index contributed by atoms with van der Waals surface area (Å²) in [6.45, 7) is 13.1. The predicted molar refractivity (Wildman–Crippen MR) is 135 cm³/mol. The largest absolute Gasteiger partial charge is 0.479 e. The number of aromatic nitrogens is 6. The van der Waals surface area contributed by atoms with Crippen LogP contribution in [0.5, 0.6) is 5.88 Å². The Morgan fingerprint density at radius 2 is 2.14 bits per heavy atom. The van der Waals surface area contributed by atoms with E-state index in [0.29, 0.717) is 37.6 Å². The highest BCUT2D eigenvalue weighted by Crippen LogP contribution is 2.34. The fourth-order valence-corrected chi connectivity index (χ4v) is 5.13. The second-order valence-electron chi connectivity index (χ2n) is 9.89. The third-order valence-electron chi connectivity index (χ3n) is 7.26. The molecule has 37 heavy (non-hydrogen) atoms. The molecular formula is C25H28FN9O2. The number of ether oxygens (including phenoxy) is 2. The molecule has 4 aromatic rings. The van der Waals surface area contributed by atoms with Crippen molar-refractivity contribution in [3.63, 3.8) is 0 Å². The third-order valence-corrected chi connectivity index (χ3v) is 7.26. The van der Waals surface area contributed by atoms with Gasteiger partial charge in [0.1, 0.15) is 30.4 Å². The molecule has 2 fully saturated rings. The molecule has 5 heterocycles. The van der Waals surface area contributed by atoms with Crippen molar-refractivity contribution in [1.82, 2.24) is 34.5 Å². The molecule has 2 saturated heterocycles. The van der Waals surface area contributed by atoms with Crippen molar-refractivity contribution >= 4 is 22.5 Å². The number of methoxy groups -OCH3 is 1. The molecule has 0 saturated carbocycles. The number of alkyl halides is 1. The molecule has 1 aromatic carbocycles. The van der Waals surface area contributed by atoms with Gasteiger partial charge < -0.3 is 14.8 Å². The van der Waals surface area contributed by atoms with E-state index in [1.54, 1.807) is 11.6 Å². The fraction of sp³-hybridized carbons (Fsp3) is 0.480. The summed E-state index contributed by atoms with van der Waals surface area (Å²) in [5.41, 5.74) is 3.64. The fourth-order valence-electron chi connectivity index (χ4n) is 5.13. The second kappa shape index (κ2) is 8.93. The van der Waals surface area contributed by atoms with Crippen molar-refractivity contribution in [2.24, 2.45) is 0 Å². The van der Waals surface area contributed by atoms with Crippen LogP contribution < -0.4 is 10.1 Å². The van der Waals surface area contributed by atoms with Crippen LogP contribution in [0.1, 0.15) is 26.3 Å². The first-order valence-electron chi connectivity index (χ1n) is 12.3. The first kappa shape index (κ1) is 23.6. The molecule has 0 unspecified atom stereocenters. The first-order valence-corrected chi connectivity index (χ1v) is 12.3. The molecule has 1 N–H and O–H groups in total. The number of rotatable bonds is 6. The molecule has 0 aliphatic carbocycles. The van der Waals surface area contributed by atoms with Crippen molar-refractivity contribution < 1.29 is 13.9 Å². The van der Waals surface area contributed by atoms with Gasteiger partial charge in [-0.15, -0.1) is 10.2 Å². The Morgan fingerprint density at radius 3 is 2.81 bits per heavy atom. The Kier molecular flexibility index (Phi) is 5.69. The molecule has 2 aliphatic heterocycles. The number of nitrogens with one attached hydrogen (secondary N) is 1. The van der Waals surface area contributed by atoms with Crippen LogP contribution in [-0.4, -0.2) is 85.8 Å². The lowest BCUT2D eigenvalue weighted by molar-refractivity contribution is -0.127. The zero-order valence-corrected chi connectivity index (χ0v) is 20.9. The van der Waals surface area contributed by atoms with Gasteiger partial charge in [-0.3, -0.25) is 4.85 Å². The van der Waals surface area contributed by atoms with Gasteiger partial charge in [-0.05, 0) is 44.0 Å². The Hall–Kier alpha value is -3.82. The number of piperidine rings is 1. The van der Waals surface area contributed by atoms with E-state index in [1.807, 2.05) is 34.0 Å². The van der Waals surface area contributed by atoms with Gasteiger partial charge in [0.2, 0.25) is 11.8 Å². The van der Waals surface area contributed by atoms with Crippen molar-refractivity contribution in [3.8, 4) is 17.0 Å². The molecule has 6 rings (SSSR count). The number of hydrogen-bond donors (Lipinski definition) is 1. The summed E-state index contributed by atoms with van der Waals surface area (Å²) in [5.74, 6) is 0.677. The highest BCUT2D eigenvalue weighted by Gasteiger charge is 2.53. The summed E-state index contributed by atoms with van der Waals surface area (Å²) < 4.78 is 29.6. The topological polar surface area (TPSA) is 99.0 Å². The Morgan fingerprint density at radius 1 is 1.30 bits per heavy atom. The molecule has 2 atom stereocenters. The summed E-state index contributed by atoms with van der Waals surface area (Å²) in [6, 6.07) is 7.67. The summed E-state index contributed by atoms with van der Waals surface area (Å²) in [7, 11) is 1.56. The van der Waals surface area contributed by atoms with Gasteiger partial charge in [-0.2, -0.15) is 4.98 Å². The summed E-state index contributed by atoms with van der Waals surface area (Å²) in [4.78, 5) is 10.2. The van der Waals surface area contributed by atoms with Gasteiger partial charge in [0.05, 0.1) is 18.7 Å². The van der Waals surface area contributed by atoms with E-state index in [2.05, 4.69) is 50.5 Å². The van der Waals surface area contributed by atoms with Gasteiger partial charge in [0.15, 0.2) is 0 Å². The number of likely N-dealkylation sites (tertiary alicyclic amines) is 1. The number of fused-ring (bicyclic) bond motifs is 2. The third kappa shape index (κ3) is 3.86. The highest BCUT2D eigenvalue weighted by atomic mass is 19.1. The standard InChI is InChI=1S/C25H28FN9O2/c1-15(2)35-21-11-16(5-6-20(21)30-32-35)17-7-10-34-22(17)23(36-4)29-24(31-34)28-19-8-9-33(12-18(19)26)25(27-3)13-37-14-25/h5-7,10-11,15,18-19H,8-9,12-14H2,1-2,4H3,(H,28,31)/t18-,19+/m1/s1. The molecule has 0 amide bonds. The van der Waals surface area contributed by atoms with Crippen molar-refractivity contribution in [2.75, 3.05) is 38.7 Å². The average Bonchev–Trinajstić information content (AvgIpc) is 3.49. The van der Waals surface area contributed by atoms with E-state index < -0.39 is 17.9 Å². The van der Waals surface area contributed by atoms with E-state index in [4.69, 9.17) is 16.0 Å². The molecule has 0 spiro atoms. The average molecular weight is 506 g/mol. The SMILES string of the molecule is [C-]#[N+]C1(N2CC[C@H](Nc3nc(OC)c4c(-c5ccc6nnn(C(C)C)c6c5)ccn4n3)[C@H](F)C2)COC1. The molecule has 11 nitrogen and oxygen atoms in total. The maximum Gasteiger partial charge on any atom is 0.334 e. The maximum absolute atomic E-state index is 15.2. The summed E-state index contributed by atoms with van der Waals surface area (Å²) >= 11 is 0. The van der Waals surface area contributed by atoms with Crippen LogP contribution >= 0.6 is 0 Å². The first-order chi connectivity index (χ1) is 17.9. The number of anilines is 1. The number of benzene rings is 1. The van der Waals surface area contributed by atoms with Crippen LogP contribution in [0.15, 0.2) is 30.5 Å². The molecular weight excluding hydrogens is 477 g/mol. The van der Waals surface area contributed by atoms with Crippen molar-refractivity contribution in [1.29, 1.82) is 0 Å². The monoisotopic (exact) mass is 505 g/mol. The molecule has 0 bridgehead atoms. The Labute approximate surface area is 213 Å². The molecule has 12 heteroatoms. The molecule has 192 valence electrons. The van der Waals surface area contributed by atoms with E-state index >= 15 is 4.39 Å². The normalized spacial score (nSPS) is 21.7. The van der Waals surface area contributed by atoms with Crippen LogP contribution in [0.25, 0.3) is 32.5 Å². The minimum absolute atomic E-state index is 0.167. The predicted octanol–water partition coefficient (Wildman–Crippen LogP) is 3.20. The minimum atomic E-state index is -1.18. The number of hydrogen-bond acceptors (Lipinski definition) is 8. The molecule has 3 aromatic heterocycles. The zero-order chi connectivity index (χ0) is 25.7. The van der Waals surface area contributed by atoms with Crippen molar-refractivity contribution in [3.05, 3.63) is 41.9 Å². The van der Waals surface area contributed by atoms with Crippen molar-refractivity contribution in [2.45, 2.75) is 44.2 Å². The highest BCUT2D eigenvalue weighted by molar-refractivity contribution is 5.89. The van der Waals surface area contributed by atoms with Gasteiger partial charge in [0.25, 0.3) is 0 Å². The van der Waals surface area contributed by atoms with Gasteiger partial charge in [-0.1, -0.05) is 11.3 Å². The smallest absolute Gasteiger partial charge is 0.334 e. The van der Waals surface area contributed by atoms with Gasteiger partial charge in [0, 0.05) is 30.9 Å². The zero-order valence-electron chi connectivity index (χ0n) is 20.9.